The van der Waals surface area contributed by atoms with E-state index in [1.807, 2.05) is 19.1 Å². The molecule has 4 heteroatoms. The minimum Gasteiger partial charge on any atom is -0.306 e. The molecular formula is C16H18N2OS. The summed E-state index contributed by atoms with van der Waals surface area (Å²) in [7, 11) is 0. The van der Waals surface area contributed by atoms with E-state index in [0.29, 0.717) is 5.82 Å². The van der Waals surface area contributed by atoms with Crippen LogP contribution in [0.3, 0.4) is 0 Å². The second-order valence-electron chi connectivity index (χ2n) is 5.58. The quantitative estimate of drug-likeness (QED) is 0.911. The number of hydrogen-bond acceptors (Lipinski definition) is 3. The molecule has 1 amide bonds. The normalized spacial score (nSPS) is 17.6. The minimum absolute atomic E-state index is 0.0462. The van der Waals surface area contributed by atoms with Gasteiger partial charge in [-0.3, -0.25) is 4.79 Å². The lowest BCUT2D eigenvalue weighted by atomic mass is 9.90. The first-order chi connectivity index (χ1) is 9.61. The average Bonchev–Trinajstić information content (AvgIpc) is 2.81. The predicted molar refractivity (Wildman–Crippen MR) is 82.4 cm³/mol. The highest BCUT2D eigenvalue weighted by Crippen LogP contribution is 2.32. The van der Waals surface area contributed by atoms with Crippen molar-refractivity contribution in [1.29, 1.82) is 0 Å². The monoisotopic (exact) mass is 286 g/mol. The molecule has 1 atom stereocenters. The molecule has 0 fully saturated rings. The van der Waals surface area contributed by atoms with Crippen LogP contribution in [-0.2, 0) is 12.8 Å². The lowest BCUT2D eigenvalue weighted by Gasteiger charge is -2.16. The van der Waals surface area contributed by atoms with Crippen LogP contribution in [-0.4, -0.2) is 10.9 Å². The van der Waals surface area contributed by atoms with E-state index in [1.54, 1.807) is 17.5 Å². The van der Waals surface area contributed by atoms with E-state index in [0.717, 1.165) is 29.2 Å². The smallest absolute Gasteiger partial charge is 0.266 e. The van der Waals surface area contributed by atoms with Crippen molar-refractivity contribution in [2.75, 3.05) is 5.32 Å². The number of thiophene rings is 1. The van der Waals surface area contributed by atoms with Crippen LogP contribution in [0, 0.1) is 12.8 Å². The Morgan fingerprint density at radius 3 is 3.10 bits per heavy atom. The zero-order chi connectivity index (χ0) is 14.1. The van der Waals surface area contributed by atoms with Crippen LogP contribution in [0.2, 0.25) is 0 Å². The Morgan fingerprint density at radius 2 is 2.30 bits per heavy atom. The van der Waals surface area contributed by atoms with Crippen LogP contribution in [0.1, 0.15) is 39.0 Å². The standard InChI is InChI=1S/C16H18N2OS/c1-10-3-4-13-12(7-10)9-14(20-13)16(19)18-15-8-11(2)5-6-17-15/h5-6,8-10H,3-4,7H2,1-2H3,(H,17,18,19)/t10-/m1/s1. The summed E-state index contributed by atoms with van der Waals surface area (Å²) >= 11 is 1.63. The number of carbonyl (C=O) groups excluding carboxylic acids is 1. The highest BCUT2D eigenvalue weighted by Gasteiger charge is 2.20. The summed E-state index contributed by atoms with van der Waals surface area (Å²) in [6.45, 7) is 4.26. The molecule has 0 saturated heterocycles. The molecule has 1 aliphatic carbocycles. The second-order valence-corrected chi connectivity index (χ2v) is 6.72. The van der Waals surface area contributed by atoms with E-state index >= 15 is 0 Å². The van der Waals surface area contributed by atoms with E-state index in [1.165, 1.54) is 16.9 Å². The van der Waals surface area contributed by atoms with E-state index < -0.39 is 0 Å². The molecule has 104 valence electrons. The Balaban J connectivity index is 1.78. The van der Waals surface area contributed by atoms with Gasteiger partial charge in [-0.1, -0.05) is 6.92 Å². The fourth-order valence-corrected chi connectivity index (χ4v) is 3.70. The molecule has 1 aliphatic rings. The molecule has 0 bridgehead atoms. The van der Waals surface area contributed by atoms with Crippen LogP contribution < -0.4 is 5.32 Å². The Morgan fingerprint density at radius 1 is 1.45 bits per heavy atom. The van der Waals surface area contributed by atoms with Gasteiger partial charge in [0.2, 0.25) is 0 Å². The van der Waals surface area contributed by atoms with E-state index in [-0.39, 0.29) is 5.91 Å². The van der Waals surface area contributed by atoms with Gasteiger partial charge >= 0.3 is 0 Å². The van der Waals surface area contributed by atoms with Gasteiger partial charge < -0.3 is 5.32 Å². The van der Waals surface area contributed by atoms with Gasteiger partial charge in [-0.25, -0.2) is 4.98 Å². The number of carbonyl (C=O) groups is 1. The van der Waals surface area contributed by atoms with Gasteiger partial charge in [-0.05, 0) is 61.4 Å². The fourth-order valence-electron chi connectivity index (χ4n) is 2.60. The first-order valence-corrected chi connectivity index (χ1v) is 7.79. The van der Waals surface area contributed by atoms with Crippen LogP contribution in [0.4, 0.5) is 5.82 Å². The molecule has 2 aromatic heterocycles. The number of hydrogen-bond donors (Lipinski definition) is 1. The molecule has 20 heavy (non-hydrogen) atoms. The topological polar surface area (TPSA) is 42.0 Å². The molecule has 2 heterocycles. The Labute approximate surface area is 123 Å². The Kier molecular flexibility index (Phi) is 3.57. The number of fused-ring (bicyclic) bond motifs is 1. The SMILES string of the molecule is Cc1ccnc(NC(=O)c2cc3c(s2)CC[C@@H](C)C3)c1. The van der Waals surface area contributed by atoms with Gasteiger partial charge in [0.15, 0.2) is 0 Å². The van der Waals surface area contributed by atoms with Gasteiger partial charge in [-0.2, -0.15) is 0 Å². The van der Waals surface area contributed by atoms with E-state index in [2.05, 4.69) is 23.3 Å². The van der Waals surface area contributed by atoms with Crippen molar-refractivity contribution in [3.8, 4) is 0 Å². The van der Waals surface area contributed by atoms with Crippen LogP contribution in [0.15, 0.2) is 24.4 Å². The van der Waals surface area contributed by atoms with Crippen molar-refractivity contribution < 1.29 is 4.79 Å². The maximum absolute atomic E-state index is 12.3. The lowest BCUT2D eigenvalue weighted by Crippen LogP contribution is -2.11. The number of anilines is 1. The van der Waals surface area contributed by atoms with Crippen LogP contribution >= 0.6 is 11.3 Å². The van der Waals surface area contributed by atoms with Crippen molar-refractivity contribution in [2.45, 2.75) is 33.1 Å². The molecule has 0 saturated carbocycles. The van der Waals surface area contributed by atoms with Crippen molar-refractivity contribution in [3.05, 3.63) is 45.3 Å². The third-order valence-corrected chi connectivity index (χ3v) is 4.95. The van der Waals surface area contributed by atoms with Crippen molar-refractivity contribution in [3.63, 3.8) is 0 Å². The summed E-state index contributed by atoms with van der Waals surface area (Å²) in [5.41, 5.74) is 2.45. The molecule has 0 aromatic carbocycles. The van der Waals surface area contributed by atoms with Gasteiger partial charge in [0.25, 0.3) is 5.91 Å². The minimum atomic E-state index is -0.0462. The number of nitrogens with zero attached hydrogens (tertiary/aromatic N) is 1. The maximum Gasteiger partial charge on any atom is 0.266 e. The summed E-state index contributed by atoms with van der Waals surface area (Å²) in [6.07, 6.45) is 5.15. The maximum atomic E-state index is 12.3. The highest BCUT2D eigenvalue weighted by atomic mass is 32.1. The van der Waals surface area contributed by atoms with Crippen molar-refractivity contribution in [1.82, 2.24) is 4.98 Å². The highest BCUT2D eigenvalue weighted by molar-refractivity contribution is 7.14. The number of aromatic nitrogens is 1. The number of rotatable bonds is 2. The van der Waals surface area contributed by atoms with Crippen molar-refractivity contribution in [2.24, 2.45) is 5.92 Å². The molecule has 0 unspecified atom stereocenters. The zero-order valence-electron chi connectivity index (χ0n) is 11.8. The Hall–Kier alpha value is -1.68. The number of aryl methyl sites for hydroxylation is 2. The third kappa shape index (κ3) is 2.75. The van der Waals surface area contributed by atoms with Gasteiger partial charge in [0.1, 0.15) is 5.82 Å². The fraction of sp³-hybridized carbons (Fsp3) is 0.375. The average molecular weight is 286 g/mol. The third-order valence-electron chi connectivity index (χ3n) is 3.71. The molecule has 0 spiro atoms. The van der Waals surface area contributed by atoms with Gasteiger partial charge in [0, 0.05) is 11.1 Å². The molecule has 2 aromatic rings. The number of nitrogens with one attached hydrogen (secondary N) is 1. The first kappa shape index (κ1) is 13.3. The van der Waals surface area contributed by atoms with Gasteiger partial charge in [-0.15, -0.1) is 11.3 Å². The first-order valence-electron chi connectivity index (χ1n) is 6.97. The summed E-state index contributed by atoms with van der Waals surface area (Å²) in [4.78, 5) is 18.6. The van der Waals surface area contributed by atoms with Gasteiger partial charge in [0.05, 0.1) is 4.88 Å². The lowest BCUT2D eigenvalue weighted by molar-refractivity contribution is 0.103. The van der Waals surface area contributed by atoms with Crippen molar-refractivity contribution >= 4 is 23.1 Å². The van der Waals surface area contributed by atoms with E-state index in [9.17, 15) is 4.79 Å². The molecule has 3 nitrogen and oxygen atoms in total. The molecule has 3 rings (SSSR count). The molecule has 1 N–H and O–H groups in total. The summed E-state index contributed by atoms with van der Waals surface area (Å²) in [5, 5.41) is 2.88. The largest absolute Gasteiger partial charge is 0.306 e. The molecule has 0 aliphatic heterocycles. The second kappa shape index (κ2) is 5.37. The predicted octanol–water partition coefficient (Wildman–Crippen LogP) is 3.83. The molecule has 0 radical (unpaired) electrons. The molecular weight excluding hydrogens is 268 g/mol. The zero-order valence-corrected chi connectivity index (χ0v) is 12.6. The van der Waals surface area contributed by atoms with Crippen LogP contribution in [0.5, 0.6) is 0 Å². The summed E-state index contributed by atoms with van der Waals surface area (Å²) < 4.78 is 0. The summed E-state index contributed by atoms with van der Waals surface area (Å²) in [5.74, 6) is 1.30. The number of amides is 1. The summed E-state index contributed by atoms with van der Waals surface area (Å²) in [6, 6.07) is 5.86. The Bertz CT molecular complexity index is 648. The van der Waals surface area contributed by atoms with E-state index in [4.69, 9.17) is 0 Å². The number of pyridine rings is 1. The van der Waals surface area contributed by atoms with Crippen LogP contribution in [0.25, 0.3) is 0 Å².